The molecule has 4 nitrogen and oxygen atoms in total. The van der Waals surface area contributed by atoms with Crippen LogP contribution in [0.15, 0.2) is 48.5 Å². The predicted molar refractivity (Wildman–Crippen MR) is 81.7 cm³/mol. The topological polar surface area (TPSA) is 47.6 Å². The summed E-state index contributed by atoms with van der Waals surface area (Å²) in [6.45, 7) is 0.791. The van der Waals surface area contributed by atoms with Crippen LogP contribution in [0.1, 0.15) is 23.5 Å². The number of fused-ring (bicyclic) bond motifs is 1. The van der Waals surface area contributed by atoms with Gasteiger partial charge in [-0.05, 0) is 35.6 Å². The zero-order chi connectivity index (χ0) is 14.9. The largest absolute Gasteiger partial charge is 0.454 e. The number of rotatable bonds is 4. The Balaban J connectivity index is 1.34. The van der Waals surface area contributed by atoms with Gasteiger partial charge in [-0.15, -0.1) is 0 Å². The van der Waals surface area contributed by atoms with Gasteiger partial charge in [-0.3, -0.25) is 4.79 Å². The Bertz CT molecular complexity index is 699. The summed E-state index contributed by atoms with van der Waals surface area (Å²) in [5.41, 5.74) is 2.28. The van der Waals surface area contributed by atoms with Gasteiger partial charge in [0.05, 0.1) is 0 Å². The SMILES string of the molecule is O=C(NCc1ccc2c(c1)OCO2)[C@@H]1C[C@@H]1c1ccccc1. The van der Waals surface area contributed by atoms with Gasteiger partial charge < -0.3 is 14.8 Å². The van der Waals surface area contributed by atoms with Gasteiger partial charge in [-0.2, -0.15) is 0 Å². The Morgan fingerprint density at radius 1 is 1.09 bits per heavy atom. The molecule has 4 rings (SSSR count). The second kappa shape index (κ2) is 5.37. The lowest BCUT2D eigenvalue weighted by Crippen LogP contribution is -2.24. The van der Waals surface area contributed by atoms with Crippen LogP contribution in [0.25, 0.3) is 0 Å². The number of nitrogens with one attached hydrogen (secondary N) is 1. The molecule has 0 unspecified atom stereocenters. The van der Waals surface area contributed by atoms with Crippen molar-refractivity contribution in [2.75, 3.05) is 6.79 Å². The normalized spacial score (nSPS) is 21.5. The number of ether oxygens (including phenoxy) is 2. The molecule has 1 heterocycles. The summed E-state index contributed by atoms with van der Waals surface area (Å²) >= 11 is 0. The second-order valence-corrected chi connectivity index (χ2v) is 5.76. The van der Waals surface area contributed by atoms with E-state index < -0.39 is 0 Å². The first-order valence-electron chi connectivity index (χ1n) is 7.52. The van der Waals surface area contributed by atoms with E-state index in [0.717, 1.165) is 23.5 Å². The van der Waals surface area contributed by atoms with E-state index in [9.17, 15) is 4.79 Å². The van der Waals surface area contributed by atoms with E-state index in [4.69, 9.17) is 9.47 Å². The molecule has 1 aliphatic heterocycles. The quantitative estimate of drug-likeness (QED) is 0.943. The fourth-order valence-electron chi connectivity index (χ4n) is 2.92. The number of amides is 1. The van der Waals surface area contributed by atoms with Crippen molar-refractivity contribution in [2.45, 2.75) is 18.9 Å². The molecule has 2 aromatic carbocycles. The first-order valence-corrected chi connectivity index (χ1v) is 7.52. The lowest BCUT2D eigenvalue weighted by molar-refractivity contribution is -0.122. The van der Waals surface area contributed by atoms with E-state index in [1.807, 2.05) is 36.4 Å². The molecule has 1 amide bonds. The zero-order valence-corrected chi connectivity index (χ0v) is 12.1. The molecule has 1 saturated carbocycles. The molecule has 0 spiro atoms. The maximum Gasteiger partial charge on any atom is 0.231 e. The third-order valence-corrected chi connectivity index (χ3v) is 4.26. The summed E-state index contributed by atoms with van der Waals surface area (Å²) in [6.07, 6.45) is 0.941. The van der Waals surface area contributed by atoms with Gasteiger partial charge in [0, 0.05) is 12.5 Å². The highest BCUT2D eigenvalue weighted by Crippen LogP contribution is 2.47. The van der Waals surface area contributed by atoms with Crippen molar-refractivity contribution >= 4 is 5.91 Å². The van der Waals surface area contributed by atoms with E-state index in [-0.39, 0.29) is 18.6 Å². The Hall–Kier alpha value is -2.49. The lowest BCUT2D eigenvalue weighted by atomic mass is 10.1. The number of carbonyl (C=O) groups is 1. The van der Waals surface area contributed by atoms with Crippen LogP contribution in [0, 0.1) is 5.92 Å². The van der Waals surface area contributed by atoms with E-state index >= 15 is 0 Å². The number of carbonyl (C=O) groups excluding carboxylic acids is 1. The Morgan fingerprint density at radius 3 is 2.77 bits per heavy atom. The summed E-state index contributed by atoms with van der Waals surface area (Å²) in [5.74, 6) is 2.13. The van der Waals surface area contributed by atoms with E-state index in [1.165, 1.54) is 5.56 Å². The van der Waals surface area contributed by atoms with Crippen molar-refractivity contribution in [1.82, 2.24) is 5.32 Å². The highest BCUT2D eigenvalue weighted by molar-refractivity contribution is 5.82. The number of hydrogen-bond donors (Lipinski definition) is 1. The summed E-state index contributed by atoms with van der Waals surface area (Å²) in [6, 6.07) is 16.0. The maximum absolute atomic E-state index is 12.2. The van der Waals surface area contributed by atoms with Gasteiger partial charge in [0.25, 0.3) is 0 Å². The van der Waals surface area contributed by atoms with E-state index in [1.54, 1.807) is 0 Å². The molecule has 4 heteroatoms. The first-order chi connectivity index (χ1) is 10.8. The van der Waals surface area contributed by atoms with Crippen LogP contribution in [0.5, 0.6) is 11.5 Å². The standard InChI is InChI=1S/C18H17NO3/c20-18(15-9-14(15)13-4-2-1-3-5-13)19-10-12-6-7-16-17(8-12)22-11-21-16/h1-8,14-15H,9-11H2,(H,19,20)/t14-,15-/m1/s1. The molecule has 0 aromatic heterocycles. The van der Waals surface area contributed by atoms with E-state index in [2.05, 4.69) is 17.4 Å². The van der Waals surface area contributed by atoms with Crippen LogP contribution < -0.4 is 14.8 Å². The minimum atomic E-state index is 0.108. The van der Waals surface area contributed by atoms with Crippen LogP contribution in [-0.2, 0) is 11.3 Å². The zero-order valence-electron chi connectivity index (χ0n) is 12.1. The smallest absolute Gasteiger partial charge is 0.231 e. The van der Waals surface area contributed by atoms with Gasteiger partial charge >= 0.3 is 0 Å². The average Bonchev–Trinajstić information content (AvgIpc) is 3.23. The van der Waals surface area contributed by atoms with Crippen LogP contribution in [0.3, 0.4) is 0 Å². The summed E-state index contributed by atoms with van der Waals surface area (Å²) in [5, 5.41) is 3.02. The van der Waals surface area contributed by atoms with Gasteiger partial charge in [0.15, 0.2) is 11.5 Å². The molecule has 112 valence electrons. The Labute approximate surface area is 129 Å². The van der Waals surface area contributed by atoms with Crippen molar-refractivity contribution in [3.8, 4) is 11.5 Å². The Kier molecular flexibility index (Phi) is 3.22. The molecule has 1 fully saturated rings. The van der Waals surface area contributed by atoms with Crippen molar-refractivity contribution in [1.29, 1.82) is 0 Å². The molecule has 2 aromatic rings. The first kappa shape index (κ1) is 13.2. The van der Waals surface area contributed by atoms with Gasteiger partial charge in [-0.25, -0.2) is 0 Å². The molecular formula is C18H17NO3. The Morgan fingerprint density at radius 2 is 1.91 bits per heavy atom. The fourth-order valence-corrected chi connectivity index (χ4v) is 2.92. The molecule has 0 bridgehead atoms. The number of benzene rings is 2. The summed E-state index contributed by atoms with van der Waals surface area (Å²) in [7, 11) is 0. The number of hydrogen-bond acceptors (Lipinski definition) is 3. The summed E-state index contributed by atoms with van der Waals surface area (Å²) in [4.78, 5) is 12.2. The van der Waals surface area contributed by atoms with Gasteiger partial charge in [-0.1, -0.05) is 36.4 Å². The third-order valence-electron chi connectivity index (χ3n) is 4.26. The predicted octanol–water partition coefficient (Wildman–Crippen LogP) is 2.84. The van der Waals surface area contributed by atoms with Crippen molar-refractivity contribution in [3.63, 3.8) is 0 Å². The van der Waals surface area contributed by atoms with Crippen LogP contribution in [0.2, 0.25) is 0 Å². The molecule has 2 atom stereocenters. The van der Waals surface area contributed by atoms with Crippen LogP contribution in [0.4, 0.5) is 0 Å². The van der Waals surface area contributed by atoms with Crippen molar-refractivity contribution in [2.24, 2.45) is 5.92 Å². The minimum Gasteiger partial charge on any atom is -0.454 e. The van der Waals surface area contributed by atoms with Crippen LogP contribution in [-0.4, -0.2) is 12.7 Å². The highest BCUT2D eigenvalue weighted by atomic mass is 16.7. The third kappa shape index (κ3) is 2.52. The fraction of sp³-hybridized carbons (Fsp3) is 0.278. The molecule has 2 aliphatic rings. The van der Waals surface area contributed by atoms with Crippen molar-refractivity contribution in [3.05, 3.63) is 59.7 Å². The average molecular weight is 295 g/mol. The molecule has 1 N–H and O–H groups in total. The van der Waals surface area contributed by atoms with Gasteiger partial charge in [0.1, 0.15) is 0 Å². The molecule has 1 aliphatic carbocycles. The molecule has 22 heavy (non-hydrogen) atoms. The minimum absolute atomic E-state index is 0.108. The molecule has 0 radical (unpaired) electrons. The van der Waals surface area contributed by atoms with E-state index in [0.29, 0.717) is 12.5 Å². The highest BCUT2D eigenvalue weighted by Gasteiger charge is 2.43. The maximum atomic E-state index is 12.2. The second-order valence-electron chi connectivity index (χ2n) is 5.76. The summed E-state index contributed by atoms with van der Waals surface area (Å²) < 4.78 is 10.6. The van der Waals surface area contributed by atoms with Gasteiger partial charge in [0.2, 0.25) is 12.7 Å². The monoisotopic (exact) mass is 295 g/mol. The molecule has 0 saturated heterocycles. The van der Waals surface area contributed by atoms with Crippen LogP contribution >= 0.6 is 0 Å². The van der Waals surface area contributed by atoms with Crippen molar-refractivity contribution < 1.29 is 14.3 Å². The lowest BCUT2D eigenvalue weighted by Gasteiger charge is -2.06. The molecular weight excluding hydrogens is 278 g/mol.